The van der Waals surface area contributed by atoms with Crippen LogP contribution >= 0.6 is 0 Å². The molecule has 2 aromatic heterocycles. The summed E-state index contributed by atoms with van der Waals surface area (Å²) in [6, 6.07) is 12.4. The third-order valence-corrected chi connectivity index (χ3v) is 3.34. The monoisotopic (exact) mass is 353 g/mol. The molecule has 1 amide bonds. The molecule has 0 atom stereocenters. The average Bonchev–Trinajstić information content (AvgIpc) is 3.05. The maximum Gasteiger partial charge on any atom is 0.410 e. The van der Waals surface area contributed by atoms with E-state index in [0.29, 0.717) is 11.5 Å². The molecule has 0 radical (unpaired) electrons. The Kier molecular flexibility index (Phi) is 5.13. The first-order valence-electron chi connectivity index (χ1n) is 7.56. The van der Waals surface area contributed by atoms with Gasteiger partial charge in [-0.3, -0.25) is 5.32 Å². The molecule has 10 heteroatoms. The van der Waals surface area contributed by atoms with Gasteiger partial charge in [-0.05, 0) is 22.6 Å². The number of tetrazole rings is 1. The number of carboxylic acid groups (broad SMARTS) is 1. The summed E-state index contributed by atoms with van der Waals surface area (Å²) in [6.07, 6.45) is 0.382. The number of nitrogens with one attached hydrogen (secondary N) is 1. The maximum atomic E-state index is 10.6. The third-order valence-electron chi connectivity index (χ3n) is 3.34. The first kappa shape index (κ1) is 17.0. The van der Waals surface area contributed by atoms with Crippen molar-refractivity contribution in [2.24, 2.45) is 12.2 Å². The van der Waals surface area contributed by atoms with E-state index in [1.54, 1.807) is 36.1 Å². The van der Waals surface area contributed by atoms with E-state index >= 15 is 0 Å². The standard InChI is InChI=1S/C16H15N7O3/c1-23-15(20-21-22-23)13-7-3-2-5-11(13)9-17-26-10-12-6-4-8-14(18-12)19-16(24)25/h2-9H,10H2,1H3,(H,18,19)(H,24,25). The number of oxime groups is 1. The minimum absolute atomic E-state index is 0.0965. The van der Waals surface area contributed by atoms with Gasteiger partial charge in [-0.25, -0.2) is 14.5 Å². The number of amides is 1. The molecule has 3 aromatic rings. The summed E-state index contributed by atoms with van der Waals surface area (Å²) in [5.41, 5.74) is 2.15. The van der Waals surface area contributed by atoms with E-state index in [1.807, 2.05) is 24.3 Å². The maximum absolute atomic E-state index is 10.6. The topological polar surface area (TPSA) is 127 Å². The van der Waals surface area contributed by atoms with Gasteiger partial charge in [0.15, 0.2) is 12.4 Å². The lowest BCUT2D eigenvalue weighted by Gasteiger charge is -2.04. The molecule has 2 heterocycles. The van der Waals surface area contributed by atoms with Gasteiger partial charge < -0.3 is 9.94 Å². The Morgan fingerprint density at radius 2 is 2.15 bits per heavy atom. The van der Waals surface area contributed by atoms with Crippen LogP contribution in [0.5, 0.6) is 0 Å². The van der Waals surface area contributed by atoms with Gasteiger partial charge in [-0.1, -0.05) is 35.5 Å². The van der Waals surface area contributed by atoms with Gasteiger partial charge in [0.05, 0.1) is 11.9 Å². The molecule has 0 fully saturated rings. The van der Waals surface area contributed by atoms with Gasteiger partial charge in [-0.2, -0.15) is 0 Å². The second kappa shape index (κ2) is 7.83. The van der Waals surface area contributed by atoms with Gasteiger partial charge >= 0.3 is 6.09 Å². The van der Waals surface area contributed by atoms with Crippen molar-refractivity contribution in [2.45, 2.75) is 6.61 Å². The number of carbonyl (C=O) groups is 1. The molecule has 3 rings (SSSR count). The fourth-order valence-corrected chi connectivity index (χ4v) is 2.21. The molecule has 0 aliphatic heterocycles. The fraction of sp³-hybridized carbons (Fsp3) is 0.125. The van der Waals surface area contributed by atoms with Crippen LogP contribution in [0.2, 0.25) is 0 Å². The molecule has 0 aliphatic carbocycles. The Bertz CT molecular complexity index is 939. The number of benzene rings is 1. The Hall–Kier alpha value is -3.82. The van der Waals surface area contributed by atoms with E-state index in [0.717, 1.165) is 11.1 Å². The van der Waals surface area contributed by atoms with Crippen LogP contribution in [-0.4, -0.2) is 42.6 Å². The number of rotatable bonds is 6. The Labute approximate surface area is 148 Å². The van der Waals surface area contributed by atoms with Crippen LogP contribution < -0.4 is 5.32 Å². The second-order valence-electron chi connectivity index (χ2n) is 5.17. The van der Waals surface area contributed by atoms with Crippen molar-refractivity contribution in [3.05, 3.63) is 53.7 Å². The SMILES string of the molecule is Cn1nnnc1-c1ccccc1C=NOCc1cccc(NC(=O)O)n1. The summed E-state index contributed by atoms with van der Waals surface area (Å²) in [5, 5.41) is 26.3. The van der Waals surface area contributed by atoms with E-state index in [1.165, 1.54) is 0 Å². The first-order chi connectivity index (χ1) is 12.6. The van der Waals surface area contributed by atoms with Gasteiger partial charge in [-0.15, -0.1) is 5.10 Å². The molecule has 10 nitrogen and oxygen atoms in total. The van der Waals surface area contributed by atoms with Crippen LogP contribution in [0.25, 0.3) is 11.4 Å². The summed E-state index contributed by atoms with van der Waals surface area (Å²) in [4.78, 5) is 20.0. The third kappa shape index (κ3) is 4.17. The zero-order valence-corrected chi connectivity index (χ0v) is 13.8. The Morgan fingerprint density at radius 1 is 1.31 bits per heavy atom. The molecular weight excluding hydrogens is 338 g/mol. The van der Waals surface area contributed by atoms with Gasteiger partial charge in [0.1, 0.15) is 5.82 Å². The van der Waals surface area contributed by atoms with Crippen molar-refractivity contribution in [2.75, 3.05) is 5.32 Å². The molecular formula is C16H15N7O3. The highest BCUT2D eigenvalue weighted by molar-refractivity contribution is 5.88. The smallest absolute Gasteiger partial charge is 0.410 e. The molecule has 2 N–H and O–H groups in total. The zero-order valence-electron chi connectivity index (χ0n) is 13.8. The van der Waals surface area contributed by atoms with Crippen molar-refractivity contribution in [1.82, 2.24) is 25.2 Å². The highest BCUT2D eigenvalue weighted by Gasteiger charge is 2.09. The summed E-state index contributed by atoms with van der Waals surface area (Å²) in [7, 11) is 1.75. The number of pyridine rings is 1. The summed E-state index contributed by atoms with van der Waals surface area (Å²) < 4.78 is 1.57. The van der Waals surface area contributed by atoms with Gasteiger partial charge in [0, 0.05) is 18.2 Å². The number of hydrogen-bond acceptors (Lipinski definition) is 7. The lowest BCUT2D eigenvalue weighted by Crippen LogP contribution is -2.09. The first-order valence-corrected chi connectivity index (χ1v) is 7.56. The quantitative estimate of drug-likeness (QED) is 0.512. The van der Waals surface area contributed by atoms with Crippen molar-refractivity contribution in [1.29, 1.82) is 0 Å². The normalized spacial score (nSPS) is 10.8. The molecule has 0 spiro atoms. The van der Waals surface area contributed by atoms with E-state index in [-0.39, 0.29) is 12.4 Å². The van der Waals surface area contributed by atoms with Gasteiger partial charge in [0.25, 0.3) is 0 Å². The molecule has 0 saturated carbocycles. The summed E-state index contributed by atoms with van der Waals surface area (Å²) in [6.45, 7) is 0.0965. The molecule has 26 heavy (non-hydrogen) atoms. The summed E-state index contributed by atoms with van der Waals surface area (Å²) >= 11 is 0. The van der Waals surface area contributed by atoms with Crippen molar-refractivity contribution < 1.29 is 14.7 Å². The number of anilines is 1. The highest BCUT2D eigenvalue weighted by atomic mass is 16.6. The van der Waals surface area contributed by atoms with E-state index in [4.69, 9.17) is 9.94 Å². The predicted molar refractivity (Wildman–Crippen MR) is 92.5 cm³/mol. The molecule has 0 saturated heterocycles. The second-order valence-corrected chi connectivity index (χ2v) is 5.17. The molecule has 1 aromatic carbocycles. The lowest BCUT2D eigenvalue weighted by atomic mass is 10.1. The van der Waals surface area contributed by atoms with Crippen LogP contribution in [0.15, 0.2) is 47.6 Å². The van der Waals surface area contributed by atoms with Crippen LogP contribution in [0.3, 0.4) is 0 Å². The van der Waals surface area contributed by atoms with Crippen LogP contribution in [0.1, 0.15) is 11.3 Å². The number of nitrogens with zero attached hydrogens (tertiary/aromatic N) is 6. The van der Waals surface area contributed by atoms with Crippen molar-refractivity contribution in [3.63, 3.8) is 0 Å². The van der Waals surface area contributed by atoms with Crippen molar-refractivity contribution in [3.8, 4) is 11.4 Å². The average molecular weight is 353 g/mol. The van der Waals surface area contributed by atoms with E-state index in [9.17, 15) is 4.79 Å². The van der Waals surface area contributed by atoms with Crippen LogP contribution in [-0.2, 0) is 18.5 Å². The largest absolute Gasteiger partial charge is 0.465 e. The zero-order chi connectivity index (χ0) is 18.4. The highest BCUT2D eigenvalue weighted by Crippen LogP contribution is 2.18. The Balaban J connectivity index is 1.67. The fourth-order valence-electron chi connectivity index (χ4n) is 2.21. The van der Waals surface area contributed by atoms with Gasteiger partial charge in [0.2, 0.25) is 0 Å². The number of hydrogen-bond donors (Lipinski definition) is 2. The van der Waals surface area contributed by atoms with E-state index < -0.39 is 6.09 Å². The number of aryl methyl sites for hydroxylation is 1. The molecule has 0 bridgehead atoms. The predicted octanol–water partition coefficient (Wildman–Crippen LogP) is 1.91. The molecule has 0 unspecified atom stereocenters. The van der Waals surface area contributed by atoms with Crippen LogP contribution in [0, 0.1) is 0 Å². The Morgan fingerprint density at radius 3 is 2.92 bits per heavy atom. The summed E-state index contributed by atoms with van der Waals surface area (Å²) in [5.74, 6) is 0.837. The minimum Gasteiger partial charge on any atom is -0.465 e. The minimum atomic E-state index is -1.18. The number of aromatic nitrogens is 5. The molecule has 0 aliphatic rings. The lowest BCUT2D eigenvalue weighted by molar-refractivity contribution is 0.129. The molecule has 132 valence electrons. The van der Waals surface area contributed by atoms with E-state index in [2.05, 4.69) is 31.0 Å². The van der Waals surface area contributed by atoms with Crippen molar-refractivity contribution >= 4 is 18.1 Å². The van der Waals surface area contributed by atoms with Crippen LogP contribution in [0.4, 0.5) is 10.6 Å².